The van der Waals surface area contributed by atoms with Crippen LogP contribution in [0.15, 0.2) is 516 Å². The molecule has 15 nitrogen and oxygen atoms in total. The molecule has 0 aliphatic carbocycles. The van der Waals surface area contributed by atoms with Crippen LogP contribution in [-0.2, 0) is 0 Å². The Morgan fingerprint density at radius 3 is 0.718 bits per heavy atom. The highest BCUT2D eigenvalue weighted by Crippen LogP contribution is 2.43. The quantitative estimate of drug-likeness (QED) is 0.0954. The first kappa shape index (κ1) is 87.6. The molecule has 0 aliphatic heterocycles. The van der Waals surface area contributed by atoms with Gasteiger partial charge in [-0.3, -0.25) is 13.2 Å². The van der Waals surface area contributed by atoms with Gasteiger partial charge in [-0.1, -0.05) is 406 Å². The molecule has 0 saturated heterocycles. The van der Waals surface area contributed by atoms with E-state index in [0.717, 1.165) is 229 Å². The van der Waals surface area contributed by atoms with Gasteiger partial charge in [-0.05, 0) is 146 Å². The summed E-state index contributed by atoms with van der Waals surface area (Å²) < 4.78 is 6.18. The summed E-state index contributed by atoms with van der Waals surface area (Å²) >= 11 is 0. The van der Waals surface area contributed by atoms with Crippen LogP contribution in [0.1, 0.15) is 0 Å². The van der Waals surface area contributed by atoms with E-state index in [2.05, 4.69) is 395 Å². The van der Waals surface area contributed by atoms with Gasteiger partial charge in [0.1, 0.15) is 33.5 Å². The molecule has 149 heavy (non-hydrogen) atoms. The number of fused-ring (bicyclic) bond motifs is 17. The molecule has 0 aliphatic rings. The van der Waals surface area contributed by atoms with Gasteiger partial charge in [0.2, 0.25) is 0 Å². The predicted molar refractivity (Wildman–Crippen MR) is 607 cm³/mol. The fourth-order valence-electron chi connectivity index (χ4n) is 20.4. The molecule has 12 heterocycles. The second kappa shape index (κ2) is 37.8. The highest BCUT2D eigenvalue weighted by molar-refractivity contribution is 6.13. The summed E-state index contributed by atoms with van der Waals surface area (Å²) in [5.41, 5.74) is 35.0. The fraction of sp³-hybridized carbons (Fsp3) is 0. The standard InChI is InChI=1S/C50H31N5.2C42H27N5/c1-3-12-36-28-39(25-21-32(36)10-1)44-31-45(40-26-22-33-11-2-4-13-37(33)29-40)52-49(51-44)35-23-19-34(20-24-35)38-14-9-15-41(30-38)47-42-16-5-6-17-43(42)48-50(54-47)55-27-8-7-18-46(55)53-48;1-3-13-28(14-4-1)30-17-11-18-31(25-30)37-27-36(29-15-5-2-6-16-29)43-41(44-37)33-20-12-19-32(26-33)39-34-21-7-8-22-35(34)40-42(46-39)47-24-10-9-23-38(47)45-40;1-3-12-29(13-4-1)36-27-37(30-14-5-2-6-15-30)44-41(43-36)31-23-21-28(22-24-31)32-16-11-17-33(26-32)39-34-18-7-8-19-35(34)40-42(46-39)47-25-10-9-20-38(47)45-40/h1-31H;2*1-27H. The van der Waals surface area contributed by atoms with Crippen LogP contribution in [0.4, 0.5) is 0 Å². The molecule has 12 aromatic heterocycles. The Hall–Kier alpha value is -20.4. The second-order valence-corrected chi connectivity index (χ2v) is 37.1. The van der Waals surface area contributed by atoms with E-state index in [1.54, 1.807) is 0 Å². The van der Waals surface area contributed by atoms with Gasteiger partial charge >= 0.3 is 0 Å². The van der Waals surface area contributed by atoms with Crippen LogP contribution in [-0.4, -0.2) is 73.0 Å². The van der Waals surface area contributed by atoms with E-state index >= 15 is 0 Å². The molecule has 0 spiro atoms. The SMILES string of the molecule is c1cc(-c2ccc(-c3nc(-c4ccc5ccccc5c4)cc(-c4ccc5ccccc5c4)n3)cc2)cc(-c2nc3c(nc4ccccn43)c3ccccc23)c1.c1ccc(-c2cc(-c3ccccc3)nc(-c3ccc(-c4cccc(-c5nc6c(nc7ccccn76)c6ccccc56)c4)cc3)n2)cc1.c1ccc(-c2cccc(-c3cc(-c4ccccc4)nc(-c4cccc(-c5nc6c(nc7ccccn76)c6ccccc56)c4)n3)c2)cc1. The first-order chi connectivity index (χ1) is 73.8. The smallest absolute Gasteiger partial charge is 0.165 e. The van der Waals surface area contributed by atoms with Crippen LogP contribution < -0.4 is 0 Å². The van der Waals surface area contributed by atoms with Crippen molar-refractivity contribution in [2.75, 3.05) is 0 Å². The lowest BCUT2D eigenvalue weighted by Crippen LogP contribution is -1.97. The first-order valence-corrected chi connectivity index (χ1v) is 49.8. The van der Waals surface area contributed by atoms with Crippen LogP contribution in [0.5, 0.6) is 0 Å². The van der Waals surface area contributed by atoms with E-state index in [1.807, 2.05) is 134 Å². The lowest BCUT2D eigenvalue weighted by molar-refractivity contribution is 1.18. The van der Waals surface area contributed by atoms with E-state index in [9.17, 15) is 0 Å². The number of hydrogen-bond acceptors (Lipinski definition) is 12. The average molecular weight is 1910 g/mol. The van der Waals surface area contributed by atoms with Crippen molar-refractivity contribution in [2.24, 2.45) is 0 Å². The molecule has 0 amide bonds. The van der Waals surface area contributed by atoms with Crippen molar-refractivity contribution in [1.29, 1.82) is 0 Å². The molecule has 0 unspecified atom stereocenters. The molecule has 29 aromatic rings. The first-order valence-electron chi connectivity index (χ1n) is 49.8. The van der Waals surface area contributed by atoms with Crippen molar-refractivity contribution in [1.82, 2.24) is 73.0 Å². The third kappa shape index (κ3) is 16.8. The lowest BCUT2D eigenvalue weighted by Gasteiger charge is -2.12. The number of aromatic nitrogens is 15. The van der Waals surface area contributed by atoms with Crippen LogP contribution in [0.3, 0.4) is 0 Å². The van der Waals surface area contributed by atoms with Crippen molar-refractivity contribution in [3.63, 3.8) is 0 Å². The highest BCUT2D eigenvalue weighted by Gasteiger charge is 2.24. The van der Waals surface area contributed by atoms with Crippen molar-refractivity contribution >= 4 is 104 Å². The maximum atomic E-state index is 5.23. The van der Waals surface area contributed by atoms with Crippen LogP contribution in [0, 0.1) is 0 Å². The third-order valence-electron chi connectivity index (χ3n) is 27.8. The fourth-order valence-corrected chi connectivity index (χ4v) is 20.4. The summed E-state index contributed by atoms with van der Waals surface area (Å²) in [6, 6.07) is 172. The number of nitrogens with zero attached hydrogens (tertiary/aromatic N) is 15. The molecule has 696 valence electrons. The van der Waals surface area contributed by atoms with E-state index < -0.39 is 0 Å². The zero-order valence-corrected chi connectivity index (χ0v) is 80.3. The van der Waals surface area contributed by atoms with Crippen molar-refractivity contribution in [3.8, 4) is 169 Å². The average Bonchev–Trinajstić information content (AvgIpc) is 1.63. The van der Waals surface area contributed by atoms with Gasteiger partial charge in [-0.25, -0.2) is 59.8 Å². The summed E-state index contributed by atoms with van der Waals surface area (Å²) in [5.74, 6) is 2.04. The molecule has 29 rings (SSSR count). The second-order valence-electron chi connectivity index (χ2n) is 37.1. The number of imidazole rings is 3. The summed E-state index contributed by atoms with van der Waals surface area (Å²) in [4.78, 5) is 61.1. The minimum atomic E-state index is 0.661. The molecule has 0 atom stereocenters. The van der Waals surface area contributed by atoms with Crippen LogP contribution >= 0.6 is 0 Å². The Kier molecular flexibility index (Phi) is 22.2. The Balaban J connectivity index is 0.000000111. The van der Waals surface area contributed by atoms with Crippen LogP contribution in [0.2, 0.25) is 0 Å². The van der Waals surface area contributed by atoms with Gasteiger partial charge in [0.15, 0.2) is 34.4 Å². The van der Waals surface area contributed by atoms with Gasteiger partial charge in [-0.15, -0.1) is 0 Å². The molecule has 0 bridgehead atoms. The molecular formula is C134H85N15. The van der Waals surface area contributed by atoms with E-state index in [1.165, 1.54) is 27.1 Å². The summed E-state index contributed by atoms with van der Waals surface area (Å²) in [6.45, 7) is 0. The number of benzene rings is 17. The van der Waals surface area contributed by atoms with Crippen molar-refractivity contribution in [3.05, 3.63) is 516 Å². The lowest BCUT2D eigenvalue weighted by atomic mass is 9.98. The largest absolute Gasteiger partial charge is 0.284 e. The summed E-state index contributed by atoms with van der Waals surface area (Å²) in [5, 5.41) is 11.2. The maximum absolute atomic E-state index is 5.23. The molecule has 17 aromatic carbocycles. The molecule has 0 fully saturated rings. The molecule has 15 heteroatoms. The zero-order chi connectivity index (χ0) is 98.6. The Labute approximate surface area is 856 Å². The minimum absolute atomic E-state index is 0.661. The van der Waals surface area contributed by atoms with Gasteiger partial charge in [-0.2, -0.15) is 0 Å². The molecule has 0 radical (unpaired) electrons. The number of hydrogen-bond donors (Lipinski definition) is 0. The normalized spacial score (nSPS) is 11.5. The van der Waals surface area contributed by atoms with Crippen molar-refractivity contribution < 1.29 is 0 Å². The Morgan fingerprint density at radius 2 is 0.362 bits per heavy atom. The third-order valence-corrected chi connectivity index (χ3v) is 27.8. The van der Waals surface area contributed by atoms with Gasteiger partial charge in [0, 0.05) is 118 Å². The summed E-state index contributed by atoms with van der Waals surface area (Å²) in [7, 11) is 0. The molecule has 0 N–H and O–H groups in total. The maximum Gasteiger partial charge on any atom is 0.165 e. The summed E-state index contributed by atoms with van der Waals surface area (Å²) in [6.07, 6.45) is 6.07. The molecule has 0 saturated carbocycles. The zero-order valence-electron chi connectivity index (χ0n) is 80.3. The van der Waals surface area contributed by atoms with E-state index in [4.69, 9.17) is 59.8 Å². The van der Waals surface area contributed by atoms with E-state index in [-0.39, 0.29) is 0 Å². The number of pyridine rings is 6. The van der Waals surface area contributed by atoms with Crippen molar-refractivity contribution in [2.45, 2.75) is 0 Å². The minimum Gasteiger partial charge on any atom is -0.284 e. The topological polar surface area (TPSA) is 168 Å². The van der Waals surface area contributed by atoms with Gasteiger partial charge in [0.25, 0.3) is 0 Å². The monoisotopic (exact) mass is 1900 g/mol. The Bertz CT molecular complexity index is 10100. The highest BCUT2D eigenvalue weighted by atomic mass is 15.1. The molecular weight excluding hydrogens is 1820 g/mol. The van der Waals surface area contributed by atoms with Crippen LogP contribution in [0.25, 0.3) is 273 Å². The van der Waals surface area contributed by atoms with Gasteiger partial charge in [0.05, 0.1) is 51.2 Å². The van der Waals surface area contributed by atoms with Gasteiger partial charge < -0.3 is 0 Å². The Morgan fingerprint density at radius 1 is 0.128 bits per heavy atom. The van der Waals surface area contributed by atoms with E-state index in [0.29, 0.717) is 17.5 Å². The number of rotatable bonds is 15. The predicted octanol–water partition coefficient (Wildman–Crippen LogP) is 32.8.